The summed E-state index contributed by atoms with van der Waals surface area (Å²) in [6.07, 6.45) is 0. The topological polar surface area (TPSA) is 47.6 Å². The summed E-state index contributed by atoms with van der Waals surface area (Å²) in [5.74, 6) is 0.188. The molecule has 21 heavy (non-hydrogen) atoms. The Hall–Kier alpha value is -2.56. The van der Waals surface area contributed by atoms with Gasteiger partial charge < -0.3 is 14.8 Å². The molecular weight excluding hydrogens is 273 g/mol. The van der Waals surface area contributed by atoms with Crippen LogP contribution in [0.2, 0.25) is 0 Å². The number of carbonyl (C=O) groups excluding carboxylic acids is 1. The summed E-state index contributed by atoms with van der Waals surface area (Å²) in [7, 11) is 1.45. The summed E-state index contributed by atoms with van der Waals surface area (Å²) >= 11 is 0. The Bertz CT molecular complexity index is 643. The van der Waals surface area contributed by atoms with Crippen LogP contribution in [0.15, 0.2) is 42.5 Å². The predicted molar refractivity (Wildman–Crippen MR) is 78.3 cm³/mol. The number of amides is 1. The van der Waals surface area contributed by atoms with Crippen LogP contribution >= 0.6 is 0 Å². The average Bonchev–Trinajstić information content (AvgIpc) is 2.47. The number of anilines is 1. The second kappa shape index (κ2) is 6.74. The molecule has 0 fully saturated rings. The van der Waals surface area contributed by atoms with E-state index in [0.717, 1.165) is 5.56 Å². The van der Waals surface area contributed by atoms with Crippen molar-refractivity contribution < 1.29 is 18.7 Å². The van der Waals surface area contributed by atoms with Gasteiger partial charge in [-0.1, -0.05) is 18.2 Å². The number of carbonyl (C=O) groups is 1. The van der Waals surface area contributed by atoms with Gasteiger partial charge >= 0.3 is 0 Å². The molecule has 0 heterocycles. The number of nitrogens with one attached hydrogen (secondary N) is 1. The van der Waals surface area contributed by atoms with Gasteiger partial charge in [0.1, 0.15) is 17.3 Å². The molecule has 110 valence electrons. The summed E-state index contributed by atoms with van der Waals surface area (Å²) in [5.41, 5.74) is 1.21. The fourth-order valence-corrected chi connectivity index (χ4v) is 1.83. The predicted octanol–water partition coefficient (Wildman–Crippen LogP) is 3.16. The van der Waals surface area contributed by atoms with Gasteiger partial charge in [0.2, 0.25) is 0 Å². The van der Waals surface area contributed by atoms with E-state index in [1.165, 1.54) is 25.3 Å². The number of para-hydroxylation sites is 1. The number of ether oxygens (including phenoxy) is 2. The van der Waals surface area contributed by atoms with Gasteiger partial charge in [-0.3, -0.25) is 4.79 Å². The van der Waals surface area contributed by atoms with Crippen LogP contribution < -0.4 is 14.8 Å². The van der Waals surface area contributed by atoms with E-state index >= 15 is 0 Å². The van der Waals surface area contributed by atoms with Crippen LogP contribution in [0, 0.1) is 12.7 Å². The quantitative estimate of drug-likeness (QED) is 0.919. The van der Waals surface area contributed by atoms with E-state index in [2.05, 4.69) is 5.32 Å². The van der Waals surface area contributed by atoms with E-state index in [4.69, 9.17) is 9.47 Å². The number of methoxy groups -OCH3 is 1. The zero-order chi connectivity index (χ0) is 15.2. The van der Waals surface area contributed by atoms with Gasteiger partial charge in [0.15, 0.2) is 6.61 Å². The van der Waals surface area contributed by atoms with Gasteiger partial charge in [-0.2, -0.15) is 0 Å². The molecule has 0 atom stereocenters. The molecule has 2 aromatic rings. The van der Waals surface area contributed by atoms with E-state index in [9.17, 15) is 9.18 Å². The van der Waals surface area contributed by atoms with Crippen molar-refractivity contribution in [2.45, 2.75) is 6.92 Å². The highest BCUT2D eigenvalue weighted by Crippen LogP contribution is 2.24. The second-order valence-electron chi connectivity index (χ2n) is 4.45. The first kappa shape index (κ1) is 14.8. The molecule has 0 aliphatic carbocycles. The van der Waals surface area contributed by atoms with Crippen molar-refractivity contribution >= 4 is 11.6 Å². The first-order chi connectivity index (χ1) is 10.1. The molecule has 0 unspecified atom stereocenters. The van der Waals surface area contributed by atoms with E-state index < -0.39 is 5.82 Å². The number of halogens is 1. The summed E-state index contributed by atoms with van der Waals surface area (Å²) in [4.78, 5) is 11.9. The molecule has 0 saturated carbocycles. The lowest BCUT2D eigenvalue weighted by atomic mass is 10.2. The summed E-state index contributed by atoms with van der Waals surface area (Å²) < 4.78 is 23.7. The van der Waals surface area contributed by atoms with Crippen LogP contribution in [0.5, 0.6) is 11.5 Å². The van der Waals surface area contributed by atoms with Crippen LogP contribution in [0.3, 0.4) is 0 Å². The molecule has 0 saturated heterocycles. The molecule has 0 spiro atoms. The summed E-state index contributed by atoms with van der Waals surface area (Å²) in [5, 5.41) is 2.56. The van der Waals surface area contributed by atoms with Crippen LogP contribution in [0.25, 0.3) is 0 Å². The second-order valence-corrected chi connectivity index (χ2v) is 4.45. The zero-order valence-electron chi connectivity index (χ0n) is 11.9. The lowest BCUT2D eigenvalue weighted by Crippen LogP contribution is -2.20. The number of hydrogen-bond donors (Lipinski definition) is 1. The van der Waals surface area contributed by atoms with Gasteiger partial charge in [0.05, 0.1) is 12.8 Å². The van der Waals surface area contributed by atoms with Crippen molar-refractivity contribution in [2.75, 3.05) is 19.0 Å². The third-order valence-corrected chi connectivity index (χ3v) is 2.89. The van der Waals surface area contributed by atoms with E-state index in [0.29, 0.717) is 11.5 Å². The molecule has 0 bridgehead atoms. The van der Waals surface area contributed by atoms with Crippen molar-refractivity contribution in [2.24, 2.45) is 0 Å². The minimum absolute atomic E-state index is 0.162. The number of aryl methyl sites for hydroxylation is 1. The number of rotatable bonds is 5. The highest BCUT2D eigenvalue weighted by atomic mass is 19.1. The smallest absolute Gasteiger partial charge is 0.262 e. The molecule has 0 radical (unpaired) electrons. The molecule has 2 rings (SSSR count). The maximum Gasteiger partial charge on any atom is 0.262 e. The van der Waals surface area contributed by atoms with Crippen LogP contribution in [0.1, 0.15) is 5.56 Å². The fraction of sp³-hybridized carbons (Fsp3) is 0.188. The van der Waals surface area contributed by atoms with Crippen LogP contribution in [-0.4, -0.2) is 19.6 Å². The fourth-order valence-electron chi connectivity index (χ4n) is 1.83. The van der Waals surface area contributed by atoms with Gasteiger partial charge in [0, 0.05) is 6.07 Å². The van der Waals surface area contributed by atoms with Crippen LogP contribution in [0.4, 0.5) is 10.1 Å². The molecule has 1 N–H and O–H groups in total. The SMILES string of the molecule is COc1ccc(F)cc1NC(=O)COc1ccccc1C. The molecule has 2 aromatic carbocycles. The van der Waals surface area contributed by atoms with Crippen molar-refractivity contribution in [3.8, 4) is 11.5 Å². The molecule has 5 heteroatoms. The first-order valence-corrected chi connectivity index (χ1v) is 6.42. The molecular formula is C16H16FNO3. The van der Waals surface area contributed by atoms with Gasteiger partial charge in [0.25, 0.3) is 5.91 Å². The highest BCUT2D eigenvalue weighted by Gasteiger charge is 2.10. The highest BCUT2D eigenvalue weighted by molar-refractivity contribution is 5.93. The molecule has 4 nitrogen and oxygen atoms in total. The molecule has 0 aromatic heterocycles. The number of hydrogen-bond acceptors (Lipinski definition) is 3. The maximum atomic E-state index is 13.2. The summed E-state index contributed by atoms with van der Waals surface area (Å²) in [6, 6.07) is 11.3. The van der Waals surface area contributed by atoms with E-state index in [-0.39, 0.29) is 18.2 Å². The Morgan fingerprint density at radius 2 is 1.95 bits per heavy atom. The number of benzene rings is 2. The molecule has 0 aliphatic rings. The molecule has 0 aliphatic heterocycles. The van der Waals surface area contributed by atoms with Crippen molar-refractivity contribution in [1.29, 1.82) is 0 Å². The van der Waals surface area contributed by atoms with E-state index in [1.807, 2.05) is 25.1 Å². The standard InChI is InChI=1S/C16H16FNO3/c1-11-5-3-4-6-14(11)21-10-16(19)18-13-9-12(17)7-8-15(13)20-2/h3-9H,10H2,1-2H3,(H,18,19). The van der Waals surface area contributed by atoms with Gasteiger partial charge in [-0.25, -0.2) is 4.39 Å². The van der Waals surface area contributed by atoms with Gasteiger partial charge in [-0.05, 0) is 30.7 Å². The van der Waals surface area contributed by atoms with Crippen molar-refractivity contribution in [3.05, 3.63) is 53.8 Å². The lowest BCUT2D eigenvalue weighted by Gasteiger charge is -2.11. The Morgan fingerprint density at radius 1 is 1.19 bits per heavy atom. The van der Waals surface area contributed by atoms with Crippen molar-refractivity contribution in [1.82, 2.24) is 0 Å². The summed E-state index contributed by atoms with van der Waals surface area (Å²) in [6.45, 7) is 1.73. The Labute approximate surface area is 122 Å². The van der Waals surface area contributed by atoms with E-state index in [1.54, 1.807) is 6.07 Å². The molecule has 1 amide bonds. The Balaban J connectivity index is 1.99. The normalized spacial score (nSPS) is 10.0. The third-order valence-electron chi connectivity index (χ3n) is 2.89. The maximum absolute atomic E-state index is 13.2. The Morgan fingerprint density at radius 3 is 2.67 bits per heavy atom. The lowest BCUT2D eigenvalue weighted by molar-refractivity contribution is -0.118. The zero-order valence-corrected chi connectivity index (χ0v) is 11.9. The van der Waals surface area contributed by atoms with Gasteiger partial charge in [-0.15, -0.1) is 0 Å². The van der Waals surface area contributed by atoms with Crippen LogP contribution in [-0.2, 0) is 4.79 Å². The largest absolute Gasteiger partial charge is 0.495 e. The van der Waals surface area contributed by atoms with Crippen molar-refractivity contribution in [3.63, 3.8) is 0 Å². The average molecular weight is 289 g/mol. The minimum atomic E-state index is -0.453. The Kier molecular flexibility index (Phi) is 4.77. The first-order valence-electron chi connectivity index (χ1n) is 6.42. The minimum Gasteiger partial charge on any atom is -0.495 e. The third kappa shape index (κ3) is 3.95. The monoisotopic (exact) mass is 289 g/mol.